The molecule has 0 saturated heterocycles. The first kappa shape index (κ1) is 49.4. The Labute approximate surface area is 489 Å². The molecule has 0 radical (unpaired) electrons. The van der Waals surface area contributed by atoms with Crippen molar-refractivity contribution in [3.8, 4) is 44.5 Å². The number of benzene rings is 11. The second kappa shape index (κ2) is 20.5. The number of rotatable bonds is 13. The van der Waals surface area contributed by atoms with Crippen molar-refractivity contribution in [1.29, 1.82) is 0 Å². The van der Waals surface area contributed by atoms with Gasteiger partial charge in [-0.25, -0.2) is 0 Å². The SMILES string of the molecule is CCCCc1cc(N(c2ccccc2)c2cc(-c3ccccc3)cc3c2oc2ccc(-c4ccccc4)cc23)c2c3c1C=CC1C(N(c4ccccc4)c4cc(-c5ccccc5)cc5c4oc4ccc(-c6ccccc6)cc45)=CC=C(C=C2)C31. The van der Waals surface area contributed by atoms with E-state index in [4.69, 9.17) is 8.83 Å². The van der Waals surface area contributed by atoms with E-state index in [-0.39, 0.29) is 11.8 Å². The number of unbranched alkanes of at least 4 members (excludes halogenated alkanes) is 1. The Hall–Kier alpha value is -10.4. The average molecular weight is 1080 g/mol. The van der Waals surface area contributed by atoms with Crippen LogP contribution in [0, 0.1) is 5.92 Å². The predicted octanol–water partition coefficient (Wildman–Crippen LogP) is 22.4. The second-order valence-electron chi connectivity index (χ2n) is 22.5. The highest BCUT2D eigenvalue weighted by Crippen LogP contribution is 2.57. The number of hydrogen-bond donors (Lipinski definition) is 0. The van der Waals surface area contributed by atoms with Crippen LogP contribution in [-0.2, 0) is 6.42 Å². The van der Waals surface area contributed by atoms with E-state index in [2.05, 4.69) is 302 Å². The molecule has 4 heteroatoms. The van der Waals surface area contributed by atoms with E-state index in [0.29, 0.717) is 0 Å². The molecule has 2 heterocycles. The van der Waals surface area contributed by atoms with Gasteiger partial charge in [0.15, 0.2) is 11.2 Å². The van der Waals surface area contributed by atoms with Gasteiger partial charge in [0.1, 0.15) is 11.2 Å². The molecular formula is C80H58N2O2. The minimum atomic E-state index is -0.0346. The average Bonchev–Trinajstić information content (AvgIpc) is 1.91. The van der Waals surface area contributed by atoms with Gasteiger partial charge in [0, 0.05) is 56.0 Å². The minimum absolute atomic E-state index is 0.0179. The third-order valence-electron chi connectivity index (χ3n) is 17.6. The number of allylic oxidation sites excluding steroid dienone is 5. The number of hydrogen-bond acceptors (Lipinski definition) is 4. The summed E-state index contributed by atoms with van der Waals surface area (Å²) in [6, 6.07) is 89.9. The molecule has 400 valence electrons. The summed E-state index contributed by atoms with van der Waals surface area (Å²) >= 11 is 0. The van der Waals surface area contributed by atoms with Gasteiger partial charge in [0.2, 0.25) is 0 Å². The van der Waals surface area contributed by atoms with Gasteiger partial charge in [0.25, 0.3) is 0 Å². The molecule has 3 aliphatic carbocycles. The summed E-state index contributed by atoms with van der Waals surface area (Å²) in [5.41, 5.74) is 25.7. The molecule has 0 fully saturated rings. The number of anilines is 5. The van der Waals surface area contributed by atoms with Gasteiger partial charge in [-0.2, -0.15) is 0 Å². The smallest absolute Gasteiger partial charge is 0.159 e. The fourth-order valence-corrected chi connectivity index (χ4v) is 13.6. The molecule has 13 aromatic rings. The Morgan fingerprint density at radius 2 is 0.845 bits per heavy atom. The van der Waals surface area contributed by atoms with Crippen molar-refractivity contribution in [2.75, 3.05) is 9.80 Å². The molecule has 0 saturated carbocycles. The highest BCUT2D eigenvalue weighted by Gasteiger charge is 2.41. The van der Waals surface area contributed by atoms with E-state index in [0.717, 1.165) is 125 Å². The maximum atomic E-state index is 7.20. The lowest BCUT2D eigenvalue weighted by molar-refractivity contribution is 0.615. The molecule has 0 bridgehead atoms. The van der Waals surface area contributed by atoms with Crippen LogP contribution in [0.1, 0.15) is 47.9 Å². The van der Waals surface area contributed by atoms with Gasteiger partial charge in [-0.1, -0.05) is 214 Å². The Balaban J connectivity index is 0.909. The van der Waals surface area contributed by atoms with Gasteiger partial charge in [0.05, 0.1) is 17.1 Å². The first-order chi connectivity index (χ1) is 41.6. The van der Waals surface area contributed by atoms with Crippen LogP contribution in [0.2, 0.25) is 0 Å². The van der Waals surface area contributed by atoms with Gasteiger partial charge >= 0.3 is 0 Å². The van der Waals surface area contributed by atoms with Gasteiger partial charge in [-0.15, -0.1) is 0 Å². The first-order valence-corrected chi connectivity index (χ1v) is 29.5. The summed E-state index contributed by atoms with van der Waals surface area (Å²) in [6.07, 6.45) is 17.6. The van der Waals surface area contributed by atoms with Crippen LogP contribution in [0.25, 0.3) is 101 Å². The lowest BCUT2D eigenvalue weighted by atomic mass is 9.66. The number of aryl methyl sites for hydroxylation is 1. The zero-order valence-electron chi connectivity index (χ0n) is 46.6. The third-order valence-corrected chi connectivity index (χ3v) is 17.6. The van der Waals surface area contributed by atoms with Crippen LogP contribution < -0.4 is 9.80 Å². The summed E-state index contributed by atoms with van der Waals surface area (Å²) < 4.78 is 14.4. The van der Waals surface area contributed by atoms with Crippen LogP contribution in [0.15, 0.2) is 293 Å². The molecule has 84 heavy (non-hydrogen) atoms. The Morgan fingerprint density at radius 3 is 1.36 bits per heavy atom. The normalized spacial score (nSPS) is 14.9. The van der Waals surface area contributed by atoms with E-state index in [9.17, 15) is 0 Å². The molecule has 0 aliphatic heterocycles. The standard InChI is InChI=1S/C80H58N2O2/c1-2-3-22-59-49-72(82(63-33-20-9-21-34-63)74-51-61(55-29-16-7-17-30-55)48-70-68-46-58(53-25-12-5-13-26-53)38-44-76(68)84-80(70)74)66-39-35-56-36-42-71(65-41-40-64(59)78(66)77(56)65)81(62-31-18-8-19-32-62)73-50-60(54-27-14-6-15-28-54)47-69-67-45-57(52-23-10-4-11-24-52)37-43-75(67)83-79(69)73/h4-21,23-51,65,77H,2-3,22H2,1H3. The molecule has 16 rings (SSSR count). The zero-order valence-corrected chi connectivity index (χ0v) is 46.6. The van der Waals surface area contributed by atoms with E-state index >= 15 is 0 Å². The molecule has 3 aliphatic rings. The van der Waals surface area contributed by atoms with Crippen LogP contribution in [0.5, 0.6) is 0 Å². The molecule has 2 aromatic heterocycles. The molecule has 2 unspecified atom stereocenters. The highest BCUT2D eigenvalue weighted by atomic mass is 16.3. The fraction of sp³-hybridized carbons (Fsp3) is 0.0750. The Kier molecular flexibility index (Phi) is 12.1. The number of para-hydroxylation sites is 2. The van der Waals surface area contributed by atoms with Crippen molar-refractivity contribution >= 4 is 84.5 Å². The van der Waals surface area contributed by atoms with Crippen molar-refractivity contribution in [3.63, 3.8) is 0 Å². The van der Waals surface area contributed by atoms with Gasteiger partial charge < -0.3 is 18.6 Å². The van der Waals surface area contributed by atoms with Gasteiger partial charge in [-0.05, 0) is 165 Å². The lowest BCUT2D eigenvalue weighted by Gasteiger charge is -2.43. The van der Waals surface area contributed by atoms with Crippen LogP contribution in [0.3, 0.4) is 0 Å². The predicted molar refractivity (Wildman–Crippen MR) is 352 cm³/mol. The van der Waals surface area contributed by atoms with E-state index < -0.39 is 0 Å². The Bertz CT molecular complexity index is 4800. The van der Waals surface area contributed by atoms with Crippen LogP contribution in [-0.4, -0.2) is 0 Å². The summed E-state index contributed by atoms with van der Waals surface area (Å²) in [7, 11) is 0. The van der Waals surface area contributed by atoms with Crippen molar-refractivity contribution in [2.24, 2.45) is 5.92 Å². The summed E-state index contributed by atoms with van der Waals surface area (Å²) in [5, 5.41) is 4.34. The Morgan fingerprint density at radius 1 is 0.381 bits per heavy atom. The number of fused-ring (bicyclic) bond motifs is 6. The molecular weight excluding hydrogens is 1020 g/mol. The molecule has 0 spiro atoms. The number of nitrogens with zero attached hydrogens (tertiary/aromatic N) is 2. The van der Waals surface area contributed by atoms with E-state index in [1.807, 2.05) is 0 Å². The lowest BCUT2D eigenvalue weighted by Crippen LogP contribution is -2.32. The van der Waals surface area contributed by atoms with Crippen molar-refractivity contribution < 1.29 is 8.83 Å². The molecule has 0 N–H and O–H groups in total. The first-order valence-electron chi connectivity index (χ1n) is 29.5. The maximum Gasteiger partial charge on any atom is 0.159 e. The van der Waals surface area contributed by atoms with Crippen molar-refractivity contribution in [3.05, 3.63) is 307 Å². The van der Waals surface area contributed by atoms with Crippen LogP contribution >= 0.6 is 0 Å². The van der Waals surface area contributed by atoms with Crippen LogP contribution in [0.4, 0.5) is 28.4 Å². The topological polar surface area (TPSA) is 32.8 Å². The third kappa shape index (κ3) is 8.36. The van der Waals surface area contributed by atoms with Crippen molar-refractivity contribution in [1.82, 2.24) is 0 Å². The zero-order chi connectivity index (χ0) is 55.7. The van der Waals surface area contributed by atoms with E-state index in [1.165, 1.54) is 44.7 Å². The molecule has 4 nitrogen and oxygen atoms in total. The summed E-state index contributed by atoms with van der Waals surface area (Å²) in [5.74, 6) is -0.0167. The minimum Gasteiger partial charge on any atom is -0.454 e. The molecule has 0 amide bonds. The van der Waals surface area contributed by atoms with E-state index in [1.54, 1.807) is 0 Å². The summed E-state index contributed by atoms with van der Waals surface area (Å²) in [4.78, 5) is 4.99. The quantitative estimate of drug-likeness (QED) is 0.115. The number of furan rings is 2. The monoisotopic (exact) mass is 1080 g/mol. The second-order valence-corrected chi connectivity index (χ2v) is 22.5. The highest BCUT2D eigenvalue weighted by molar-refractivity contribution is 6.15. The largest absolute Gasteiger partial charge is 0.454 e. The fourth-order valence-electron chi connectivity index (χ4n) is 13.6. The van der Waals surface area contributed by atoms with Gasteiger partial charge in [-0.3, -0.25) is 0 Å². The summed E-state index contributed by atoms with van der Waals surface area (Å²) in [6.45, 7) is 2.30. The van der Waals surface area contributed by atoms with Crippen molar-refractivity contribution in [2.45, 2.75) is 32.1 Å². The molecule has 11 aromatic carbocycles. The maximum absolute atomic E-state index is 7.20. The molecule has 2 atom stereocenters.